The van der Waals surface area contributed by atoms with Crippen LogP contribution in [-0.2, 0) is 4.74 Å². The first-order valence-electron chi connectivity index (χ1n) is 14.9. The first-order valence-corrected chi connectivity index (χ1v) is 14.9. The summed E-state index contributed by atoms with van der Waals surface area (Å²) in [5, 5.41) is 13.6. The second-order valence-electron chi connectivity index (χ2n) is 12.5. The number of hydrogen-bond acceptors (Lipinski definition) is 7. The normalized spacial score (nSPS) is 18.1. The van der Waals surface area contributed by atoms with Crippen molar-refractivity contribution in [2.45, 2.75) is 44.9 Å². The molecule has 2 saturated heterocycles. The van der Waals surface area contributed by atoms with Gasteiger partial charge in [0.2, 0.25) is 0 Å². The standard InChI is InChI=1S/C34H32N8O2/c1-34(2,3)44-33(43)41-20-24-17-25(41)19-40(24)23-7-4-6-22(16-23)29-12-15-36-32-30(26-8-5-9-28-27(26)18-37-38-28)31(39-42(29)32)21-10-13-35-14-11-21/h4-16,18,24-25H,17,19-20H2,1-3H3,(H,37,38)/t24-,25-/m0/s1. The zero-order valence-electron chi connectivity index (χ0n) is 24.8. The molecule has 2 atom stereocenters. The Morgan fingerprint density at radius 1 is 0.955 bits per heavy atom. The van der Waals surface area contributed by atoms with Crippen molar-refractivity contribution >= 4 is 28.3 Å². The van der Waals surface area contributed by atoms with E-state index in [1.165, 1.54) is 0 Å². The highest BCUT2D eigenvalue weighted by Gasteiger charge is 2.46. The van der Waals surface area contributed by atoms with E-state index in [2.05, 4.69) is 50.4 Å². The van der Waals surface area contributed by atoms with Crippen molar-refractivity contribution < 1.29 is 9.53 Å². The lowest BCUT2D eigenvalue weighted by Crippen LogP contribution is -2.50. The van der Waals surface area contributed by atoms with Gasteiger partial charge in [-0.15, -0.1) is 0 Å². The predicted octanol–water partition coefficient (Wildman–Crippen LogP) is 6.20. The summed E-state index contributed by atoms with van der Waals surface area (Å²) in [6, 6.07) is 21.1. The molecule has 2 aliphatic heterocycles. The molecule has 2 bridgehead atoms. The maximum Gasteiger partial charge on any atom is 0.410 e. The minimum absolute atomic E-state index is 0.147. The predicted molar refractivity (Wildman–Crippen MR) is 169 cm³/mol. The minimum atomic E-state index is -0.503. The zero-order valence-corrected chi connectivity index (χ0v) is 24.8. The molecule has 6 aromatic rings. The maximum atomic E-state index is 12.8. The number of hydrogen-bond donors (Lipinski definition) is 1. The number of aromatic amines is 1. The van der Waals surface area contributed by atoms with Gasteiger partial charge >= 0.3 is 6.09 Å². The number of aromatic nitrogens is 6. The van der Waals surface area contributed by atoms with Crippen molar-refractivity contribution in [2.75, 3.05) is 18.0 Å². The van der Waals surface area contributed by atoms with E-state index in [0.717, 1.165) is 68.8 Å². The average Bonchev–Trinajstić information content (AvgIpc) is 3.83. The first-order chi connectivity index (χ1) is 21.3. The van der Waals surface area contributed by atoms with Gasteiger partial charge in [0.25, 0.3) is 0 Å². The Morgan fingerprint density at radius 3 is 2.59 bits per heavy atom. The van der Waals surface area contributed by atoms with E-state index < -0.39 is 5.60 Å². The number of H-pyrrole nitrogens is 1. The molecule has 0 unspecified atom stereocenters. The molecule has 8 rings (SSSR count). The lowest BCUT2D eigenvalue weighted by molar-refractivity contribution is 0.0214. The summed E-state index contributed by atoms with van der Waals surface area (Å²) in [6.07, 6.45) is 8.00. The summed E-state index contributed by atoms with van der Waals surface area (Å²) in [7, 11) is 0. The number of anilines is 1. The number of nitrogens with zero attached hydrogens (tertiary/aromatic N) is 7. The number of amides is 1. The first kappa shape index (κ1) is 26.4. The lowest BCUT2D eigenvalue weighted by atomic mass is 9.99. The van der Waals surface area contributed by atoms with Crippen LogP contribution in [0.15, 0.2) is 85.5 Å². The molecule has 10 nitrogen and oxygen atoms in total. The van der Waals surface area contributed by atoms with Gasteiger partial charge in [-0.3, -0.25) is 10.1 Å². The second-order valence-corrected chi connectivity index (χ2v) is 12.5. The molecule has 1 amide bonds. The van der Waals surface area contributed by atoms with Crippen molar-refractivity contribution in [2.24, 2.45) is 0 Å². The summed E-state index contributed by atoms with van der Waals surface area (Å²) in [6.45, 7) is 7.18. The van der Waals surface area contributed by atoms with Crippen LogP contribution in [0.3, 0.4) is 0 Å². The Bertz CT molecular complexity index is 2030. The number of piperazine rings is 1. The van der Waals surface area contributed by atoms with Gasteiger partial charge in [0.05, 0.1) is 29.0 Å². The quantitative estimate of drug-likeness (QED) is 0.263. The summed E-state index contributed by atoms with van der Waals surface area (Å²) in [5.41, 5.74) is 8.08. The molecule has 4 aromatic heterocycles. The average molecular weight is 585 g/mol. The number of nitrogens with one attached hydrogen (secondary N) is 1. The summed E-state index contributed by atoms with van der Waals surface area (Å²) >= 11 is 0. The highest BCUT2D eigenvalue weighted by molar-refractivity contribution is 6.02. The molecule has 2 aromatic carbocycles. The molecule has 0 saturated carbocycles. The van der Waals surface area contributed by atoms with Crippen LogP contribution < -0.4 is 4.90 Å². The summed E-state index contributed by atoms with van der Waals surface area (Å²) in [5.74, 6) is 0. The van der Waals surface area contributed by atoms with Crippen LogP contribution in [0, 0.1) is 0 Å². The molecule has 0 spiro atoms. The number of carbonyl (C=O) groups excluding carboxylic acids is 1. The highest BCUT2D eigenvalue weighted by atomic mass is 16.6. The van der Waals surface area contributed by atoms with Crippen molar-refractivity contribution in [1.29, 1.82) is 0 Å². The topological polar surface area (TPSA) is 105 Å². The van der Waals surface area contributed by atoms with Crippen LogP contribution in [0.2, 0.25) is 0 Å². The van der Waals surface area contributed by atoms with Crippen LogP contribution in [0.5, 0.6) is 0 Å². The van der Waals surface area contributed by atoms with Gasteiger partial charge in [-0.2, -0.15) is 10.2 Å². The lowest BCUT2D eigenvalue weighted by Gasteiger charge is -2.36. The molecule has 2 aliphatic rings. The van der Waals surface area contributed by atoms with Crippen molar-refractivity contribution in [1.82, 2.24) is 34.7 Å². The van der Waals surface area contributed by atoms with E-state index >= 15 is 0 Å². The van der Waals surface area contributed by atoms with E-state index in [-0.39, 0.29) is 18.2 Å². The largest absolute Gasteiger partial charge is 0.444 e. The number of rotatable bonds is 4. The highest BCUT2D eigenvalue weighted by Crippen LogP contribution is 2.40. The third-order valence-electron chi connectivity index (χ3n) is 8.57. The van der Waals surface area contributed by atoms with Crippen LogP contribution >= 0.6 is 0 Å². The smallest absolute Gasteiger partial charge is 0.410 e. The van der Waals surface area contributed by atoms with Crippen molar-refractivity contribution in [3.63, 3.8) is 0 Å². The summed E-state index contributed by atoms with van der Waals surface area (Å²) in [4.78, 5) is 26.2. The third-order valence-corrected chi connectivity index (χ3v) is 8.57. The number of fused-ring (bicyclic) bond motifs is 4. The molecule has 2 fully saturated rings. The Balaban J connectivity index is 1.19. The van der Waals surface area contributed by atoms with Gasteiger partial charge in [0.15, 0.2) is 5.65 Å². The minimum Gasteiger partial charge on any atom is -0.444 e. The molecule has 0 aliphatic carbocycles. The van der Waals surface area contributed by atoms with Gasteiger partial charge in [0, 0.05) is 59.9 Å². The fourth-order valence-electron chi connectivity index (χ4n) is 6.68. The fraction of sp³-hybridized carbons (Fsp3) is 0.265. The molecule has 44 heavy (non-hydrogen) atoms. The van der Waals surface area contributed by atoms with E-state index in [1.54, 1.807) is 12.4 Å². The molecular weight excluding hydrogens is 552 g/mol. The Labute approximate surface area is 254 Å². The van der Waals surface area contributed by atoms with E-state index in [0.29, 0.717) is 6.54 Å². The number of benzene rings is 2. The maximum absolute atomic E-state index is 12.8. The van der Waals surface area contributed by atoms with Crippen LogP contribution in [-0.4, -0.2) is 71.5 Å². The molecule has 220 valence electrons. The van der Waals surface area contributed by atoms with Gasteiger partial charge < -0.3 is 14.5 Å². The zero-order chi connectivity index (χ0) is 30.0. The van der Waals surface area contributed by atoms with Gasteiger partial charge in [-0.1, -0.05) is 24.3 Å². The number of likely N-dealkylation sites (tertiary alicyclic amines) is 1. The van der Waals surface area contributed by atoms with Crippen LogP contribution in [0.1, 0.15) is 27.2 Å². The Kier molecular flexibility index (Phi) is 5.94. The van der Waals surface area contributed by atoms with E-state index in [9.17, 15) is 4.79 Å². The third kappa shape index (κ3) is 4.36. The molecule has 0 radical (unpaired) electrons. The Morgan fingerprint density at radius 2 is 1.80 bits per heavy atom. The second kappa shape index (κ2) is 9.90. The van der Waals surface area contributed by atoms with E-state index in [4.69, 9.17) is 14.8 Å². The SMILES string of the molecule is CC(C)(C)OC(=O)N1C[C@@H]2C[C@H]1CN2c1cccc(-c2ccnc3c(-c4cccc5[nH]ncc45)c(-c4ccncc4)nn23)c1. The molecule has 6 heterocycles. The van der Waals surface area contributed by atoms with Gasteiger partial charge in [-0.25, -0.2) is 14.3 Å². The van der Waals surface area contributed by atoms with Gasteiger partial charge in [-0.05, 0) is 69.2 Å². The summed E-state index contributed by atoms with van der Waals surface area (Å²) < 4.78 is 7.62. The molecule has 10 heteroatoms. The Hall–Kier alpha value is -5.25. The van der Waals surface area contributed by atoms with Gasteiger partial charge in [0.1, 0.15) is 11.3 Å². The molecular formula is C34H32N8O2. The van der Waals surface area contributed by atoms with Crippen LogP contribution in [0.4, 0.5) is 10.5 Å². The number of pyridine rings is 1. The van der Waals surface area contributed by atoms with E-state index in [1.807, 2.05) is 72.9 Å². The van der Waals surface area contributed by atoms with Crippen LogP contribution in [0.25, 0.3) is 50.2 Å². The fourth-order valence-corrected chi connectivity index (χ4v) is 6.68. The number of ether oxygens (including phenoxy) is 1. The van der Waals surface area contributed by atoms with Crippen molar-refractivity contribution in [3.05, 3.63) is 85.5 Å². The monoisotopic (exact) mass is 584 g/mol. The molecule has 1 N–H and O–H groups in total. The number of carbonyl (C=O) groups is 1. The van der Waals surface area contributed by atoms with Crippen molar-refractivity contribution in [3.8, 4) is 33.6 Å².